The highest BCUT2D eigenvalue weighted by Gasteiger charge is 2.31. The van der Waals surface area contributed by atoms with Gasteiger partial charge in [0, 0.05) is 49.1 Å². The molecule has 1 amide bonds. The number of hydrogen-bond donors (Lipinski definition) is 0. The molecule has 3 heterocycles. The van der Waals surface area contributed by atoms with Crippen molar-refractivity contribution in [1.29, 1.82) is 0 Å². The summed E-state index contributed by atoms with van der Waals surface area (Å²) in [6.07, 6.45) is 8.42. The van der Waals surface area contributed by atoms with Crippen molar-refractivity contribution in [3.8, 4) is 11.3 Å². The summed E-state index contributed by atoms with van der Waals surface area (Å²) < 4.78 is 0. The number of likely N-dealkylation sites (tertiary alicyclic amines) is 1. The van der Waals surface area contributed by atoms with E-state index in [2.05, 4.69) is 49.2 Å². The standard InChI is InChI=1S/C27H32N4O/c1-4-25-13-11-23(18-31(25)20(3)32)27-29-24(12-10-21-8-5-7-19(2)15-21)16-26(30-27)22-9-6-14-28-17-22/h5-9,14-17,23,25H,4,10-13,18H2,1-3H3. The van der Waals surface area contributed by atoms with E-state index in [0.29, 0.717) is 12.6 Å². The van der Waals surface area contributed by atoms with Gasteiger partial charge < -0.3 is 4.90 Å². The molecule has 0 radical (unpaired) electrons. The molecule has 1 aromatic carbocycles. The van der Waals surface area contributed by atoms with E-state index in [4.69, 9.17) is 9.97 Å². The molecule has 0 saturated carbocycles. The Morgan fingerprint density at radius 1 is 1.09 bits per heavy atom. The molecule has 1 saturated heterocycles. The summed E-state index contributed by atoms with van der Waals surface area (Å²) in [5.41, 5.74) is 5.55. The number of hydrogen-bond acceptors (Lipinski definition) is 4. The highest BCUT2D eigenvalue weighted by atomic mass is 16.2. The maximum absolute atomic E-state index is 12.3. The average Bonchev–Trinajstić information content (AvgIpc) is 2.82. The van der Waals surface area contributed by atoms with Crippen LogP contribution in [0.1, 0.15) is 61.7 Å². The summed E-state index contributed by atoms with van der Waals surface area (Å²) in [5.74, 6) is 1.16. The van der Waals surface area contributed by atoms with Crippen LogP contribution >= 0.6 is 0 Å². The van der Waals surface area contributed by atoms with Gasteiger partial charge in [-0.05, 0) is 62.8 Å². The zero-order valence-corrected chi connectivity index (χ0v) is 19.3. The SMILES string of the molecule is CCC1CCC(c2nc(CCc3cccc(C)c3)cc(-c3cccnc3)n2)CN1C(C)=O. The van der Waals surface area contributed by atoms with Crippen molar-refractivity contribution in [3.05, 3.63) is 77.5 Å². The molecular weight excluding hydrogens is 396 g/mol. The molecule has 1 aliphatic rings. The number of aryl methyl sites for hydroxylation is 3. The molecular formula is C27H32N4O. The van der Waals surface area contributed by atoms with Gasteiger partial charge in [0.05, 0.1) is 5.69 Å². The van der Waals surface area contributed by atoms with E-state index in [0.717, 1.165) is 54.9 Å². The summed E-state index contributed by atoms with van der Waals surface area (Å²) in [4.78, 5) is 28.5. The Bertz CT molecular complexity index is 1070. The van der Waals surface area contributed by atoms with E-state index in [1.165, 1.54) is 11.1 Å². The number of carbonyl (C=O) groups excluding carboxylic acids is 1. The second-order valence-corrected chi connectivity index (χ2v) is 8.84. The van der Waals surface area contributed by atoms with Crippen LogP contribution in [0.15, 0.2) is 54.9 Å². The first-order valence-corrected chi connectivity index (χ1v) is 11.6. The largest absolute Gasteiger partial charge is 0.339 e. The van der Waals surface area contributed by atoms with Gasteiger partial charge in [-0.2, -0.15) is 0 Å². The van der Waals surface area contributed by atoms with Gasteiger partial charge in [0.1, 0.15) is 5.82 Å². The van der Waals surface area contributed by atoms with Gasteiger partial charge in [0.15, 0.2) is 0 Å². The minimum Gasteiger partial charge on any atom is -0.339 e. The normalized spacial score (nSPS) is 18.5. The second-order valence-electron chi connectivity index (χ2n) is 8.84. The Morgan fingerprint density at radius 3 is 2.69 bits per heavy atom. The van der Waals surface area contributed by atoms with Crippen LogP contribution in [-0.2, 0) is 17.6 Å². The third kappa shape index (κ3) is 5.21. The second kappa shape index (κ2) is 10.0. The van der Waals surface area contributed by atoms with Crippen molar-refractivity contribution in [2.75, 3.05) is 6.54 Å². The van der Waals surface area contributed by atoms with E-state index in [1.54, 1.807) is 13.1 Å². The first-order chi connectivity index (χ1) is 15.5. The monoisotopic (exact) mass is 428 g/mol. The highest BCUT2D eigenvalue weighted by molar-refractivity contribution is 5.73. The Balaban J connectivity index is 1.64. The fourth-order valence-electron chi connectivity index (χ4n) is 4.68. The van der Waals surface area contributed by atoms with E-state index in [9.17, 15) is 4.79 Å². The van der Waals surface area contributed by atoms with Crippen molar-refractivity contribution < 1.29 is 4.79 Å². The lowest BCUT2D eigenvalue weighted by Crippen LogP contribution is -2.45. The van der Waals surface area contributed by atoms with Gasteiger partial charge in [-0.25, -0.2) is 9.97 Å². The zero-order chi connectivity index (χ0) is 22.5. The van der Waals surface area contributed by atoms with Gasteiger partial charge in [0.25, 0.3) is 0 Å². The third-order valence-electron chi connectivity index (χ3n) is 6.45. The molecule has 5 heteroatoms. The first-order valence-electron chi connectivity index (χ1n) is 11.6. The third-order valence-corrected chi connectivity index (χ3v) is 6.45. The predicted octanol–water partition coefficient (Wildman–Crippen LogP) is 5.14. The van der Waals surface area contributed by atoms with Gasteiger partial charge >= 0.3 is 0 Å². The summed E-state index contributed by atoms with van der Waals surface area (Å²) >= 11 is 0. The molecule has 0 N–H and O–H groups in total. The molecule has 3 aromatic rings. The molecule has 2 atom stereocenters. The minimum absolute atomic E-state index is 0.143. The molecule has 5 nitrogen and oxygen atoms in total. The number of aromatic nitrogens is 3. The molecule has 1 aliphatic heterocycles. The van der Waals surface area contributed by atoms with Gasteiger partial charge in [0.2, 0.25) is 5.91 Å². The lowest BCUT2D eigenvalue weighted by molar-refractivity contribution is -0.133. The van der Waals surface area contributed by atoms with Crippen LogP contribution in [0.25, 0.3) is 11.3 Å². The first kappa shape index (κ1) is 22.1. The molecule has 32 heavy (non-hydrogen) atoms. The Morgan fingerprint density at radius 2 is 1.97 bits per heavy atom. The van der Waals surface area contributed by atoms with Crippen molar-refractivity contribution in [2.24, 2.45) is 0 Å². The summed E-state index contributed by atoms with van der Waals surface area (Å²) in [6.45, 7) is 6.65. The highest BCUT2D eigenvalue weighted by Crippen LogP contribution is 2.31. The van der Waals surface area contributed by atoms with Crippen LogP contribution in [0.5, 0.6) is 0 Å². The summed E-state index contributed by atoms with van der Waals surface area (Å²) in [5, 5.41) is 0. The van der Waals surface area contributed by atoms with Crippen LogP contribution < -0.4 is 0 Å². The fourth-order valence-corrected chi connectivity index (χ4v) is 4.68. The van der Waals surface area contributed by atoms with Gasteiger partial charge in [-0.1, -0.05) is 36.8 Å². The molecule has 2 aromatic heterocycles. The number of amides is 1. The van der Waals surface area contributed by atoms with E-state index in [-0.39, 0.29) is 11.8 Å². The average molecular weight is 429 g/mol. The molecule has 1 fully saturated rings. The summed E-state index contributed by atoms with van der Waals surface area (Å²) in [7, 11) is 0. The molecule has 4 rings (SSSR count). The number of nitrogens with zero attached hydrogens (tertiary/aromatic N) is 4. The van der Waals surface area contributed by atoms with Gasteiger partial charge in [-0.3, -0.25) is 9.78 Å². The van der Waals surface area contributed by atoms with E-state index < -0.39 is 0 Å². The Hall–Kier alpha value is -3.08. The maximum atomic E-state index is 12.3. The minimum atomic E-state index is 0.143. The number of piperidine rings is 1. The van der Waals surface area contributed by atoms with Crippen LogP contribution in [0.3, 0.4) is 0 Å². The van der Waals surface area contributed by atoms with Crippen LogP contribution in [0.2, 0.25) is 0 Å². The fraction of sp³-hybridized carbons (Fsp3) is 0.407. The molecule has 2 unspecified atom stereocenters. The number of benzene rings is 1. The quantitative estimate of drug-likeness (QED) is 0.546. The smallest absolute Gasteiger partial charge is 0.219 e. The molecule has 166 valence electrons. The van der Waals surface area contributed by atoms with Crippen molar-refractivity contribution in [1.82, 2.24) is 19.9 Å². The van der Waals surface area contributed by atoms with Crippen molar-refractivity contribution in [2.45, 2.75) is 64.8 Å². The van der Waals surface area contributed by atoms with Crippen molar-refractivity contribution >= 4 is 5.91 Å². The lowest BCUT2D eigenvalue weighted by atomic mass is 9.90. The van der Waals surface area contributed by atoms with Crippen LogP contribution in [-0.4, -0.2) is 38.3 Å². The van der Waals surface area contributed by atoms with Crippen LogP contribution in [0, 0.1) is 6.92 Å². The molecule has 0 aliphatic carbocycles. The van der Waals surface area contributed by atoms with E-state index >= 15 is 0 Å². The topological polar surface area (TPSA) is 59.0 Å². The summed E-state index contributed by atoms with van der Waals surface area (Å²) in [6, 6.07) is 15.0. The maximum Gasteiger partial charge on any atom is 0.219 e. The predicted molar refractivity (Wildman–Crippen MR) is 127 cm³/mol. The number of carbonyl (C=O) groups is 1. The number of pyridine rings is 1. The van der Waals surface area contributed by atoms with E-state index in [1.807, 2.05) is 23.2 Å². The Labute approximate surface area is 190 Å². The molecule has 0 bridgehead atoms. The van der Waals surface area contributed by atoms with Gasteiger partial charge in [-0.15, -0.1) is 0 Å². The Kier molecular flexibility index (Phi) is 6.93. The van der Waals surface area contributed by atoms with Crippen molar-refractivity contribution in [3.63, 3.8) is 0 Å². The number of rotatable bonds is 6. The zero-order valence-electron chi connectivity index (χ0n) is 19.3. The lowest BCUT2D eigenvalue weighted by Gasteiger charge is -2.38. The van der Waals surface area contributed by atoms with Crippen LogP contribution in [0.4, 0.5) is 0 Å². The molecule has 0 spiro atoms.